The molecule has 0 bridgehead atoms. The van der Waals surface area contributed by atoms with Crippen molar-refractivity contribution in [3.8, 4) is 0 Å². The maximum absolute atomic E-state index is 13.0. The van der Waals surface area contributed by atoms with E-state index in [2.05, 4.69) is 13.8 Å². The first-order valence-corrected chi connectivity index (χ1v) is 5.67. The molecule has 0 fully saturated rings. The zero-order valence-corrected chi connectivity index (χ0v) is 9.84. The fraction of sp³-hybridized carbons (Fsp3) is 0.538. The third-order valence-corrected chi connectivity index (χ3v) is 2.65. The topological polar surface area (TPSA) is 26.0 Å². The Morgan fingerprint density at radius 1 is 1.19 bits per heavy atom. The van der Waals surface area contributed by atoms with Gasteiger partial charge < -0.3 is 5.73 Å². The molecule has 0 saturated heterocycles. The summed E-state index contributed by atoms with van der Waals surface area (Å²) in [5, 5.41) is 0. The van der Waals surface area contributed by atoms with Gasteiger partial charge in [-0.15, -0.1) is 0 Å². The Bertz CT molecular complexity index is 337. The Morgan fingerprint density at radius 3 is 2.38 bits per heavy atom. The smallest absolute Gasteiger partial charge is 0.159 e. The molecule has 0 heterocycles. The molecule has 90 valence electrons. The molecular weight excluding hydrogens is 208 g/mol. The summed E-state index contributed by atoms with van der Waals surface area (Å²) in [7, 11) is 0. The van der Waals surface area contributed by atoms with Crippen LogP contribution in [0.3, 0.4) is 0 Å². The molecule has 1 rings (SSSR count). The average molecular weight is 227 g/mol. The van der Waals surface area contributed by atoms with Crippen molar-refractivity contribution in [3.63, 3.8) is 0 Å². The normalized spacial score (nSPS) is 13.1. The SMILES string of the molecule is CC(C)CC(CN)Cc1ccc(F)c(F)c1. The van der Waals surface area contributed by atoms with E-state index >= 15 is 0 Å². The Morgan fingerprint density at radius 2 is 1.88 bits per heavy atom. The van der Waals surface area contributed by atoms with E-state index in [-0.39, 0.29) is 0 Å². The van der Waals surface area contributed by atoms with Crippen LogP contribution >= 0.6 is 0 Å². The molecule has 0 aliphatic rings. The van der Waals surface area contributed by atoms with Crippen LogP contribution in [0.2, 0.25) is 0 Å². The highest BCUT2D eigenvalue weighted by atomic mass is 19.2. The van der Waals surface area contributed by atoms with Crippen LogP contribution in [0.25, 0.3) is 0 Å². The second-order valence-electron chi connectivity index (χ2n) is 4.68. The molecule has 0 aliphatic carbocycles. The van der Waals surface area contributed by atoms with Crippen LogP contribution in [0.5, 0.6) is 0 Å². The summed E-state index contributed by atoms with van der Waals surface area (Å²) in [4.78, 5) is 0. The second kappa shape index (κ2) is 5.94. The van der Waals surface area contributed by atoms with Gasteiger partial charge in [0.1, 0.15) is 0 Å². The Kier molecular flexibility index (Phi) is 4.87. The van der Waals surface area contributed by atoms with Crippen LogP contribution in [0.4, 0.5) is 8.78 Å². The molecule has 0 spiro atoms. The first kappa shape index (κ1) is 13.1. The van der Waals surface area contributed by atoms with Crippen molar-refractivity contribution in [1.82, 2.24) is 0 Å². The van der Waals surface area contributed by atoms with Crippen molar-refractivity contribution in [3.05, 3.63) is 35.4 Å². The summed E-state index contributed by atoms with van der Waals surface area (Å²) in [6.07, 6.45) is 1.72. The predicted molar refractivity (Wildman–Crippen MR) is 62.1 cm³/mol. The van der Waals surface area contributed by atoms with Gasteiger partial charge in [-0.1, -0.05) is 19.9 Å². The van der Waals surface area contributed by atoms with Gasteiger partial charge in [0.05, 0.1) is 0 Å². The molecule has 16 heavy (non-hydrogen) atoms. The van der Waals surface area contributed by atoms with Gasteiger partial charge in [-0.2, -0.15) is 0 Å². The maximum atomic E-state index is 13.0. The van der Waals surface area contributed by atoms with E-state index in [1.807, 2.05) is 0 Å². The highest BCUT2D eigenvalue weighted by Crippen LogP contribution is 2.18. The first-order chi connectivity index (χ1) is 7.52. The van der Waals surface area contributed by atoms with Gasteiger partial charge in [0.2, 0.25) is 0 Å². The van der Waals surface area contributed by atoms with Gasteiger partial charge in [0, 0.05) is 0 Å². The molecule has 0 saturated carbocycles. The molecule has 2 N–H and O–H groups in total. The molecule has 1 aromatic rings. The quantitative estimate of drug-likeness (QED) is 0.821. The summed E-state index contributed by atoms with van der Waals surface area (Å²) < 4.78 is 25.7. The lowest BCUT2D eigenvalue weighted by atomic mass is 9.91. The van der Waals surface area contributed by atoms with Crippen LogP contribution in [0, 0.1) is 23.5 Å². The monoisotopic (exact) mass is 227 g/mol. The number of hydrogen-bond donors (Lipinski definition) is 1. The van der Waals surface area contributed by atoms with E-state index in [0.717, 1.165) is 12.0 Å². The summed E-state index contributed by atoms with van der Waals surface area (Å²) in [6, 6.07) is 4.06. The molecular formula is C13H19F2N. The van der Waals surface area contributed by atoms with E-state index in [0.29, 0.717) is 24.8 Å². The molecule has 1 atom stereocenters. The standard InChI is InChI=1S/C13H19F2N/c1-9(2)5-11(8-16)6-10-3-4-12(14)13(15)7-10/h3-4,7,9,11H,5-6,8,16H2,1-2H3. The third kappa shape index (κ3) is 3.89. The molecule has 0 aliphatic heterocycles. The van der Waals surface area contributed by atoms with Crippen molar-refractivity contribution in [1.29, 1.82) is 0 Å². The minimum atomic E-state index is -0.795. The molecule has 0 amide bonds. The van der Waals surface area contributed by atoms with Crippen molar-refractivity contribution in [2.45, 2.75) is 26.7 Å². The van der Waals surface area contributed by atoms with Crippen LogP contribution in [-0.2, 0) is 6.42 Å². The van der Waals surface area contributed by atoms with Gasteiger partial charge in [-0.05, 0) is 48.9 Å². The molecule has 0 aromatic heterocycles. The van der Waals surface area contributed by atoms with E-state index in [1.165, 1.54) is 12.1 Å². The molecule has 1 nitrogen and oxygen atoms in total. The van der Waals surface area contributed by atoms with E-state index < -0.39 is 11.6 Å². The van der Waals surface area contributed by atoms with E-state index in [4.69, 9.17) is 5.73 Å². The van der Waals surface area contributed by atoms with Gasteiger partial charge in [0.15, 0.2) is 11.6 Å². The Labute approximate surface area is 95.7 Å². The Balaban J connectivity index is 2.66. The molecule has 1 aromatic carbocycles. The molecule has 3 heteroatoms. The molecule has 0 radical (unpaired) electrons. The summed E-state index contributed by atoms with van der Waals surface area (Å²) >= 11 is 0. The minimum Gasteiger partial charge on any atom is -0.330 e. The third-order valence-electron chi connectivity index (χ3n) is 2.65. The number of hydrogen-bond acceptors (Lipinski definition) is 1. The number of halogens is 2. The van der Waals surface area contributed by atoms with E-state index in [9.17, 15) is 8.78 Å². The average Bonchev–Trinajstić information content (AvgIpc) is 2.22. The van der Waals surface area contributed by atoms with Crippen molar-refractivity contribution < 1.29 is 8.78 Å². The largest absolute Gasteiger partial charge is 0.330 e. The van der Waals surface area contributed by atoms with E-state index in [1.54, 1.807) is 6.07 Å². The van der Waals surface area contributed by atoms with Crippen LogP contribution in [0.1, 0.15) is 25.8 Å². The zero-order valence-electron chi connectivity index (χ0n) is 9.84. The van der Waals surface area contributed by atoms with Gasteiger partial charge in [-0.3, -0.25) is 0 Å². The van der Waals surface area contributed by atoms with Crippen molar-refractivity contribution >= 4 is 0 Å². The fourth-order valence-corrected chi connectivity index (χ4v) is 1.93. The first-order valence-electron chi connectivity index (χ1n) is 5.67. The van der Waals surface area contributed by atoms with Crippen molar-refractivity contribution in [2.75, 3.05) is 6.54 Å². The maximum Gasteiger partial charge on any atom is 0.159 e. The number of nitrogens with two attached hydrogens (primary N) is 1. The summed E-state index contributed by atoms with van der Waals surface area (Å²) in [6.45, 7) is 4.85. The lowest BCUT2D eigenvalue weighted by Crippen LogP contribution is -2.19. The number of benzene rings is 1. The van der Waals surface area contributed by atoms with Crippen LogP contribution in [-0.4, -0.2) is 6.54 Å². The van der Waals surface area contributed by atoms with Gasteiger partial charge in [-0.25, -0.2) is 8.78 Å². The molecule has 1 unspecified atom stereocenters. The van der Waals surface area contributed by atoms with Crippen LogP contribution in [0.15, 0.2) is 18.2 Å². The zero-order chi connectivity index (χ0) is 12.1. The Hall–Kier alpha value is -0.960. The minimum absolute atomic E-state index is 0.338. The van der Waals surface area contributed by atoms with Crippen LogP contribution < -0.4 is 5.73 Å². The lowest BCUT2D eigenvalue weighted by molar-refractivity contribution is 0.413. The number of rotatable bonds is 5. The lowest BCUT2D eigenvalue weighted by Gasteiger charge is -2.17. The summed E-state index contributed by atoms with van der Waals surface area (Å²) in [5.41, 5.74) is 6.48. The van der Waals surface area contributed by atoms with Crippen molar-refractivity contribution in [2.24, 2.45) is 17.6 Å². The van der Waals surface area contributed by atoms with Gasteiger partial charge >= 0.3 is 0 Å². The predicted octanol–water partition coefficient (Wildman–Crippen LogP) is 3.13. The highest BCUT2D eigenvalue weighted by Gasteiger charge is 2.11. The second-order valence-corrected chi connectivity index (χ2v) is 4.68. The fourth-order valence-electron chi connectivity index (χ4n) is 1.93. The highest BCUT2D eigenvalue weighted by molar-refractivity contribution is 5.18. The van der Waals surface area contributed by atoms with Gasteiger partial charge in [0.25, 0.3) is 0 Å². The summed E-state index contributed by atoms with van der Waals surface area (Å²) in [5.74, 6) is -0.668.